The van der Waals surface area contributed by atoms with Crippen molar-refractivity contribution in [2.45, 2.75) is 59.3 Å². The van der Waals surface area contributed by atoms with Crippen LogP contribution in [0.25, 0.3) is 0 Å². The van der Waals surface area contributed by atoms with Crippen molar-refractivity contribution in [3.05, 3.63) is 23.3 Å². The molecule has 0 heterocycles. The largest absolute Gasteiger partial charge is 0.478 e. The summed E-state index contributed by atoms with van der Waals surface area (Å²) in [6, 6.07) is 0. The van der Waals surface area contributed by atoms with Crippen molar-refractivity contribution in [2.75, 3.05) is 13.2 Å². The molecule has 0 bridgehead atoms. The van der Waals surface area contributed by atoms with Gasteiger partial charge in [-0.2, -0.15) is 0 Å². The Morgan fingerprint density at radius 1 is 1.29 bits per heavy atom. The number of hydrogen-bond acceptors (Lipinski definition) is 3. The van der Waals surface area contributed by atoms with Crippen LogP contribution in [0.15, 0.2) is 23.3 Å². The van der Waals surface area contributed by atoms with E-state index in [-0.39, 0.29) is 24.5 Å². The quantitative estimate of drug-likeness (QED) is 0.512. The van der Waals surface area contributed by atoms with Crippen LogP contribution >= 0.6 is 0 Å². The summed E-state index contributed by atoms with van der Waals surface area (Å²) in [7, 11) is 0. The van der Waals surface area contributed by atoms with Crippen molar-refractivity contribution in [3.8, 4) is 0 Å². The van der Waals surface area contributed by atoms with E-state index in [4.69, 9.17) is 5.11 Å². The standard InChI is InChI=1S/C20H32O4/c1-19(2)9-4-10-20(3)16(15(13-22)6-8-17(19)20)7-5-14(12-21)11-18(23)24/h6,11,16-17,21-22H,4-5,7-10,12-13H2,1-3H3,(H,23,24). The number of aliphatic hydroxyl groups is 2. The summed E-state index contributed by atoms with van der Waals surface area (Å²) in [5.41, 5.74) is 2.08. The Morgan fingerprint density at radius 3 is 2.58 bits per heavy atom. The fraction of sp³-hybridized carbons (Fsp3) is 0.750. The summed E-state index contributed by atoms with van der Waals surface area (Å²) >= 11 is 0. The number of aliphatic hydroxyl groups excluding tert-OH is 2. The van der Waals surface area contributed by atoms with E-state index in [2.05, 4.69) is 26.8 Å². The van der Waals surface area contributed by atoms with Crippen LogP contribution in [0.4, 0.5) is 0 Å². The zero-order chi connectivity index (χ0) is 18.0. The van der Waals surface area contributed by atoms with Crippen molar-refractivity contribution >= 4 is 5.97 Å². The van der Waals surface area contributed by atoms with Crippen LogP contribution in [0.1, 0.15) is 59.3 Å². The van der Waals surface area contributed by atoms with Gasteiger partial charge in [0.1, 0.15) is 0 Å². The molecule has 24 heavy (non-hydrogen) atoms. The van der Waals surface area contributed by atoms with E-state index in [0.29, 0.717) is 23.3 Å². The maximum absolute atomic E-state index is 10.9. The molecule has 0 spiro atoms. The normalized spacial score (nSPS) is 32.9. The zero-order valence-electron chi connectivity index (χ0n) is 15.2. The highest BCUT2D eigenvalue weighted by atomic mass is 16.4. The second-order valence-electron chi connectivity index (χ2n) is 8.46. The summed E-state index contributed by atoms with van der Waals surface area (Å²) in [5, 5.41) is 28.2. The molecule has 0 aromatic heterocycles. The molecule has 4 heteroatoms. The maximum Gasteiger partial charge on any atom is 0.328 e. The van der Waals surface area contributed by atoms with Gasteiger partial charge in [0, 0.05) is 6.08 Å². The van der Waals surface area contributed by atoms with Gasteiger partial charge in [-0.15, -0.1) is 0 Å². The molecule has 0 aliphatic heterocycles. The second-order valence-corrected chi connectivity index (χ2v) is 8.46. The lowest BCUT2D eigenvalue weighted by molar-refractivity contribution is -0.131. The van der Waals surface area contributed by atoms with Crippen LogP contribution in [0, 0.1) is 22.7 Å². The third-order valence-electron chi connectivity index (χ3n) is 6.60. The third kappa shape index (κ3) is 3.75. The van der Waals surface area contributed by atoms with E-state index in [1.54, 1.807) is 0 Å². The highest BCUT2D eigenvalue weighted by molar-refractivity contribution is 5.80. The van der Waals surface area contributed by atoms with Gasteiger partial charge in [0.15, 0.2) is 0 Å². The van der Waals surface area contributed by atoms with Crippen molar-refractivity contribution in [1.29, 1.82) is 0 Å². The van der Waals surface area contributed by atoms with Crippen LogP contribution in [-0.2, 0) is 4.79 Å². The molecule has 0 amide bonds. The van der Waals surface area contributed by atoms with Gasteiger partial charge in [0.2, 0.25) is 0 Å². The van der Waals surface area contributed by atoms with Gasteiger partial charge >= 0.3 is 5.97 Å². The first-order chi connectivity index (χ1) is 11.2. The van der Waals surface area contributed by atoms with Crippen LogP contribution in [0.3, 0.4) is 0 Å². The highest BCUT2D eigenvalue weighted by Gasteiger charge is 2.51. The molecule has 2 aliphatic rings. The summed E-state index contributed by atoms with van der Waals surface area (Å²) in [6.45, 7) is 6.92. The Balaban J connectivity index is 2.26. The fourth-order valence-corrected chi connectivity index (χ4v) is 5.40. The molecule has 3 unspecified atom stereocenters. The molecule has 0 radical (unpaired) electrons. The van der Waals surface area contributed by atoms with Crippen LogP contribution in [-0.4, -0.2) is 34.5 Å². The average Bonchev–Trinajstić information content (AvgIpc) is 2.50. The minimum atomic E-state index is -1.01. The van der Waals surface area contributed by atoms with Gasteiger partial charge in [-0.3, -0.25) is 0 Å². The van der Waals surface area contributed by atoms with Gasteiger partial charge in [-0.05, 0) is 65.9 Å². The van der Waals surface area contributed by atoms with Gasteiger partial charge in [-0.1, -0.05) is 33.3 Å². The first-order valence-corrected chi connectivity index (χ1v) is 9.07. The molecular formula is C20H32O4. The van der Waals surface area contributed by atoms with Gasteiger partial charge < -0.3 is 15.3 Å². The monoisotopic (exact) mass is 336 g/mol. The number of hydrogen-bond donors (Lipinski definition) is 3. The number of aliphatic carboxylic acids is 1. The summed E-state index contributed by atoms with van der Waals surface area (Å²) in [6.07, 6.45) is 9.30. The molecule has 0 aromatic carbocycles. The number of carboxylic acids is 1. The zero-order valence-corrected chi connectivity index (χ0v) is 15.2. The molecule has 136 valence electrons. The molecule has 3 atom stereocenters. The first-order valence-electron chi connectivity index (χ1n) is 9.07. The molecule has 1 saturated carbocycles. The minimum absolute atomic E-state index is 0.0739. The Hall–Kier alpha value is -1.13. The van der Waals surface area contributed by atoms with Crippen molar-refractivity contribution in [1.82, 2.24) is 0 Å². The number of carbonyl (C=O) groups is 1. The van der Waals surface area contributed by atoms with Crippen molar-refractivity contribution in [2.24, 2.45) is 22.7 Å². The molecule has 4 nitrogen and oxygen atoms in total. The number of carboxylic acid groups (broad SMARTS) is 1. The molecule has 3 N–H and O–H groups in total. The van der Waals surface area contributed by atoms with Gasteiger partial charge in [-0.25, -0.2) is 4.79 Å². The Labute approximate surface area is 145 Å². The maximum atomic E-state index is 10.9. The number of allylic oxidation sites excluding steroid dienone is 1. The van der Waals surface area contributed by atoms with E-state index in [0.717, 1.165) is 30.9 Å². The molecule has 0 aromatic rings. The van der Waals surface area contributed by atoms with E-state index < -0.39 is 5.97 Å². The summed E-state index contributed by atoms with van der Waals surface area (Å²) in [4.78, 5) is 10.9. The lowest BCUT2D eigenvalue weighted by Crippen LogP contribution is -2.49. The van der Waals surface area contributed by atoms with E-state index in [9.17, 15) is 15.0 Å². The molecule has 0 saturated heterocycles. The Bertz CT molecular complexity index is 532. The number of rotatable bonds is 6. The number of fused-ring (bicyclic) bond motifs is 1. The topological polar surface area (TPSA) is 77.8 Å². The van der Waals surface area contributed by atoms with Crippen LogP contribution < -0.4 is 0 Å². The Kier molecular flexibility index (Phi) is 5.92. The Morgan fingerprint density at radius 2 is 2.00 bits per heavy atom. The van der Waals surface area contributed by atoms with Crippen molar-refractivity contribution in [3.63, 3.8) is 0 Å². The molecular weight excluding hydrogens is 304 g/mol. The lowest BCUT2D eigenvalue weighted by atomic mass is 9.48. The molecule has 2 aliphatic carbocycles. The fourth-order valence-electron chi connectivity index (χ4n) is 5.40. The van der Waals surface area contributed by atoms with Crippen molar-refractivity contribution < 1.29 is 20.1 Å². The SMILES string of the molecule is CC1(C)CCCC2(C)C(CCC(=CC(=O)O)CO)C(CO)=CCC12. The summed E-state index contributed by atoms with van der Waals surface area (Å²) < 4.78 is 0. The van der Waals surface area contributed by atoms with Crippen LogP contribution in [0.5, 0.6) is 0 Å². The molecule has 2 rings (SSSR count). The van der Waals surface area contributed by atoms with E-state index in [1.807, 2.05) is 0 Å². The third-order valence-corrected chi connectivity index (χ3v) is 6.60. The summed E-state index contributed by atoms with van der Waals surface area (Å²) in [5.74, 6) is -0.173. The van der Waals surface area contributed by atoms with Gasteiger partial charge in [0.25, 0.3) is 0 Å². The smallest absolute Gasteiger partial charge is 0.328 e. The highest BCUT2D eigenvalue weighted by Crippen LogP contribution is 2.60. The molecule has 1 fully saturated rings. The lowest BCUT2D eigenvalue weighted by Gasteiger charge is -2.57. The second kappa shape index (κ2) is 7.40. The first kappa shape index (κ1) is 19.2. The van der Waals surface area contributed by atoms with Gasteiger partial charge in [0.05, 0.1) is 13.2 Å². The van der Waals surface area contributed by atoms with E-state index >= 15 is 0 Å². The van der Waals surface area contributed by atoms with Crippen LogP contribution in [0.2, 0.25) is 0 Å². The minimum Gasteiger partial charge on any atom is -0.478 e. The average molecular weight is 336 g/mol. The predicted molar refractivity (Wildman–Crippen MR) is 94.5 cm³/mol. The predicted octanol–water partition coefficient (Wildman–Crippen LogP) is 3.54. The van der Waals surface area contributed by atoms with E-state index in [1.165, 1.54) is 12.8 Å².